The van der Waals surface area contributed by atoms with Crippen LogP contribution in [0.4, 0.5) is 0 Å². The van der Waals surface area contributed by atoms with Gasteiger partial charge in [0, 0.05) is 11.4 Å². The van der Waals surface area contributed by atoms with E-state index in [0.717, 1.165) is 10.0 Å². The number of rotatable bonds is 5. The standard InChI is InChI=1S/C11H12BrClO3/c1-2-16-11-7(3-4-10(14)15)5-8(13)6-9(11)12/h5-6H,2-4H2,1H3,(H,14,15). The number of carbonyl (C=O) groups is 1. The lowest BCUT2D eigenvalue weighted by molar-refractivity contribution is -0.136. The van der Waals surface area contributed by atoms with E-state index in [9.17, 15) is 4.79 Å². The lowest BCUT2D eigenvalue weighted by Crippen LogP contribution is -2.02. The molecule has 0 fully saturated rings. The minimum Gasteiger partial charge on any atom is -0.492 e. The maximum absolute atomic E-state index is 10.5. The van der Waals surface area contributed by atoms with Crippen LogP contribution in [0.2, 0.25) is 5.02 Å². The first-order valence-corrected chi connectivity index (χ1v) is 6.04. The Bertz CT molecular complexity index is 393. The zero-order valence-corrected chi connectivity index (χ0v) is 11.1. The van der Waals surface area contributed by atoms with Crippen molar-refractivity contribution >= 4 is 33.5 Å². The lowest BCUT2D eigenvalue weighted by Gasteiger charge is -2.12. The van der Waals surface area contributed by atoms with Crippen molar-refractivity contribution in [3.63, 3.8) is 0 Å². The highest BCUT2D eigenvalue weighted by Gasteiger charge is 2.11. The minimum atomic E-state index is -0.835. The van der Waals surface area contributed by atoms with E-state index in [4.69, 9.17) is 21.4 Å². The molecule has 5 heteroatoms. The average Bonchev–Trinajstić information content (AvgIpc) is 2.19. The molecule has 1 aromatic rings. The summed E-state index contributed by atoms with van der Waals surface area (Å²) in [6, 6.07) is 3.47. The number of hydrogen-bond donors (Lipinski definition) is 1. The third kappa shape index (κ3) is 3.68. The lowest BCUT2D eigenvalue weighted by atomic mass is 10.1. The molecule has 0 atom stereocenters. The van der Waals surface area contributed by atoms with Crippen molar-refractivity contribution in [1.82, 2.24) is 0 Å². The van der Waals surface area contributed by atoms with Gasteiger partial charge in [0.05, 0.1) is 11.1 Å². The quantitative estimate of drug-likeness (QED) is 0.905. The normalized spacial score (nSPS) is 10.2. The predicted octanol–water partition coefficient (Wildman–Crippen LogP) is 3.52. The summed E-state index contributed by atoms with van der Waals surface area (Å²) in [6.07, 6.45) is 0.469. The van der Waals surface area contributed by atoms with Crippen LogP contribution in [-0.4, -0.2) is 17.7 Å². The van der Waals surface area contributed by atoms with Gasteiger partial charge in [0.1, 0.15) is 5.75 Å². The van der Waals surface area contributed by atoms with E-state index in [-0.39, 0.29) is 6.42 Å². The molecule has 1 aromatic carbocycles. The molecule has 0 aliphatic rings. The molecular weight excluding hydrogens is 295 g/mol. The fraction of sp³-hybridized carbons (Fsp3) is 0.364. The second-order valence-corrected chi connectivity index (χ2v) is 4.49. The van der Waals surface area contributed by atoms with Gasteiger partial charge >= 0.3 is 5.97 Å². The third-order valence-electron chi connectivity index (χ3n) is 1.98. The zero-order chi connectivity index (χ0) is 12.1. The number of aryl methyl sites for hydroxylation is 1. The van der Waals surface area contributed by atoms with Gasteiger partial charge in [-0.3, -0.25) is 4.79 Å². The van der Waals surface area contributed by atoms with Crippen molar-refractivity contribution < 1.29 is 14.6 Å². The summed E-state index contributed by atoms with van der Waals surface area (Å²) in [5.74, 6) is -0.160. The van der Waals surface area contributed by atoms with E-state index >= 15 is 0 Å². The molecule has 0 bridgehead atoms. The van der Waals surface area contributed by atoms with Gasteiger partial charge in [0.2, 0.25) is 0 Å². The molecule has 1 N–H and O–H groups in total. The van der Waals surface area contributed by atoms with Crippen LogP contribution in [0.1, 0.15) is 18.9 Å². The summed E-state index contributed by atoms with van der Waals surface area (Å²) in [5.41, 5.74) is 0.809. The number of benzene rings is 1. The summed E-state index contributed by atoms with van der Waals surface area (Å²) in [5, 5.41) is 9.21. The van der Waals surface area contributed by atoms with Crippen LogP contribution < -0.4 is 4.74 Å². The number of carboxylic acids is 1. The second-order valence-electron chi connectivity index (χ2n) is 3.20. The van der Waals surface area contributed by atoms with Gasteiger partial charge < -0.3 is 9.84 Å². The summed E-state index contributed by atoms with van der Waals surface area (Å²) >= 11 is 9.25. The van der Waals surface area contributed by atoms with Crippen LogP contribution in [0.5, 0.6) is 5.75 Å². The number of aliphatic carboxylic acids is 1. The van der Waals surface area contributed by atoms with E-state index in [1.165, 1.54) is 0 Å². The van der Waals surface area contributed by atoms with Gasteiger partial charge in [-0.05, 0) is 47.0 Å². The third-order valence-corrected chi connectivity index (χ3v) is 2.79. The van der Waals surface area contributed by atoms with Crippen LogP contribution in [0.3, 0.4) is 0 Å². The molecule has 0 radical (unpaired) electrons. The largest absolute Gasteiger partial charge is 0.492 e. The van der Waals surface area contributed by atoms with E-state index in [2.05, 4.69) is 15.9 Å². The molecule has 0 amide bonds. The second kappa shape index (κ2) is 6.11. The summed E-state index contributed by atoms with van der Waals surface area (Å²) < 4.78 is 6.21. The Balaban J connectivity index is 2.98. The highest BCUT2D eigenvalue weighted by atomic mass is 79.9. The average molecular weight is 308 g/mol. The number of hydrogen-bond acceptors (Lipinski definition) is 2. The number of ether oxygens (including phenoxy) is 1. The Hall–Kier alpha value is -0.740. The van der Waals surface area contributed by atoms with Gasteiger partial charge in [0.15, 0.2) is 0 Å². The fourth-order valence-electron chi connectivity index (χ4n) is 1.35. The number of carboxylic acid groups (broad SMARTS) is 1. The first-order chi connectivity index (χ1) is 7.54. The SMILES string of the molecule is CCOc1c(Br)cc(Cl)cc1CCC(=O)O. The summed E-state index contributed by atoms with van der Waals surface area (Å²) in [7, 11) is 0. The van der Waals surface area contributed by atoms with Crippen LogP contribution in [0.25, 0.3) is 0 Å². The van der Waals surface area contributed by atoms with Crippen LogP contribution in [0, 0.1) is 0 Å². The highest BCUT2D eigenvalue weighted by Crippen LogP contribution is 2.33. The van der Waals surface area contributed by atoms with Crippen molar-refractivity contribution in [2.45, 2.75) is 19.8 Å². The van der Waals surface area contributed by atoms with Gasteiger partial charge in [-0.1, -0.05) is 11.6 Å². The first kappa shape index (κ1) is 13.3. The maximum Gasteiger partial charge on any atom is 0.303 e. The summed E-state index contributed by atoms with van der Waals surface area (Å²) in [6.45, 7) is 2.41. The number of halogens is 2. The Kier molecular flexibility index (Phi) is 5.09. The zero-order valence-electron chi connectivity index (χ0n) is 8.80. The molecule has 0 aliphatic carbocycles. The van der Waals surface area contributed by atoms with E-state index < -0.39 is 5.97 Å². The van der Waals surface area contributed by atoms with Crippen LogP contribution in [-0.2, 0) is 11.2 Å². The van der Waals surface area contributed by atoms with Crippen molar-refractivity contribution in [1.29, 1.82) is 0 Å². The predicted molar refractivity (Wildman–Crippen MR) is 66.3 cm³/mol. The van der Waals surface area contributed by atoms with Crippen molar-refractivity contribution in [2.24, 2.45) is 0 Å². The van der Waals surface area contributed by atoms with Gasteiger partial charge in [-0.15, -0.1) is 0 Å². The molecule has 0 saturated carbocycles. The fourth-order valence-corrected chi connectivity index (χ4v) is 2.34. The molecular formula is C11H12BrClO3. The molecule has 0 spiro atoms. The van der Waals surface area contributed by atoms with Crippen molar-refractivity contribution in [2.75, 3.05) is 6.61 Å². The summed E-state index contributed by atoms with van der Waals surface area (Å²) in [4.78, 5) is 10.5. The van der Waals surface area contributed by atoms with Gasteiger partial charge in [0.25, 0.3) is 0 Å². The smallest absolute Gasteiger partial charge is 0.303 e. The molecule has 1 rings (SSSR count). The molecule has 0 heterocycles. The molecule has 0 aromatic heterocycles. The molecule has 0 unspecified atom stereocenters. The van der Waals surface area contributed by atoms with Crippen molar-refractivity contribution in [3.8, 4) is 5.75 Å². The van der Waals surface area contributed by atoms with Gasteiger partial charge in [-0.25, -0.2) is 0 Å². The van der Waals surface area contributed by atoms with E-state index in [1.807, 2.05) is 6.92 Å². The first-order valence-electron chi connectivity index (χ1n) is 4.87. The molecule has 0 aliphatic heterocycles. The van der Waals surface area contributed by atoms with Crippen LogP contribution in [0.15, 0.2) is 16.6 Å². The highest BCUT2D eigenvalue weighted by molar-refractivity contribution is 9.10. The Morgan fingerprint density at radius 1 is 1.56 bits per heavy atom. The van der Waals surface area contributed by atoms with E-state index in [0.29, 0.717) is 23.8 Å². The minimum absolute atomic E-state index is 0.0624. The maximum atomic E-state index is 10.5. The molecule has 3 nitrogen and oxygen atoms in total. The molecule has 88 valence electrons. The Morgan fingerprint density at radius 3 is 2.81 bits per heavy atom. The monoisotopic (exact) mass is 306 g/mol. The molecule has 16 heavy (non-hydrogen) atoms. The molecule has 0 saturated heterocycles. The van der Waals surface area contributed by atoms with Crippen molar-refractivity contribution in [3.05, 3.63) is 27.2 Å². The Morgan fingerprint density at radius 2 is 2.25 bits per heavy atom. The van der Waals surface area contributed by atoms with Crippen LogP contribution >= 0.6 is 27.5 Å². The van der Waals surface area contributed by atoms with E-state index in [1.54, 1.807) is 12.1 Å². The Labute approximate surface area is 107 Å². The topological polar surface area (TPSA) is 46.5 Å². The van der Waals surface area contributed by atoms with Gasteiger partial charge in [-0.2, -0.15) is 0 Å².